The lowest BCUT2D eigenvalue weighted by Crippen LogP contribution is -2.36. The van der Waals surface area contributed by atoms with Crippen molar-refractivity contribution in [1.29, 1.82) is 0 Å². The summed E-state index contributed by atoms with van der Waals surface area (Å²) in [4.78, 5) is 16.5. The van der Waals surface area contributed by atoms with E-state index in [0.717, 1.165) is 57.4 Å². The summed E-state index contributed by atoms with van der Waals surface area (Å²) in [7, 11) is 2.18. The van der Waals surface area contributed by atoms with E-state index in [0.29, 0.717) is 6.61 Å². The van der Waals surface area contributed by atoms with Gasteiger partial charge in [-0.3, -0.25) is 4.90 Å². The third-order valence-corrected chi connectivity index (χ3v) is 4.70. The van der Waals surface area contributed by atoms with E-state index in [1.165, 1.54) is 16.7 Å². The van der Waals surface area contributed by atoms with Gasteiger partial charge in [-0.25, -0.2) is 4.79 Å². The Hall–Kier alpha value is -1.49. The Morgan fingerprint density at radius 1 is 1.14 bits per heavy atom. The topological polar surface area (TPSA) is 32.8 Å². The van der Waals surface area contributed by atoms with E-state index in [4.69, 9.17) is 4.74 Å². The molecule has 0 unspecified atom stereocenters. The van der Waals surface area contributed by atoms with Crippen LogP contribution in [0.15, 0.2) is 12.1 Å². The Labute approximate surface area is 133 Å². The Morgan fingerprint density at radius 3 is 2.59 bits per heavy atom. The van der Waals surface area contributed by atoms with Crippen molar-refractivity contribution >= 4 is 19.8 Å². The summed E-state index contributed by atoms with van der Waals surface area (Å²) >= 11 is 0. The van der Waals surface area contributed by atoms with Gasteiger partial charge in [-0.2, -0.15) is 0 Å². The van der Waals surface area contributed by atoms with Crippen LogP contribution in [-0.4, -0.2) is 45.1 Å². The molecule has 0 radical (unpaired) electrons. The second-order valence-corrected chi connectivity index (χ2v) is 6.42. The molecule has 0 N–H and O–H groups in total. The number of ether oxygens (including phenoxy) is 1. The molecule has 2 aliphatic heterocycles. The van der Waals surface area contributed by atoms with Gasteiger partial charge in [0.1, 0.15) is 0 Å². The summed E-state index contributed by atoms with van der Waals surface area (Å²) < 4.78 is 5.35. The molecular formula is C17H25BN2O2. The lowest BCUT2D eigenvalue weighted by molar-refractivity contribution is 0.153. The molecule has 3 rings (SSSR count). The Kier molecular flexibility index (Phi) is 4.72. The molecule has 1 amide bonds. The Bertz CT molecular complexity index is 562. The van der Waals surface area contributed by atoms with Crippen LogP contribution < -0.4 is 4.90 Å². The first-order valence-corrected chi connectivity index (χ1v) is 8.46. The van der Waals surface area contributed by atoms with Crippen molar-refractivity contribution in [2.24, 2.45) is 0 Å². The van der Waals surface area contributed by atoms with E-state index >= 15 is 0 Å². The maximum absolute atomic E-state index is 12.3. The number of anilines is 1. The largest absolute Gasteiger partial charge is 0.449 e. The highest BCUT2D eigenvalue weighted by Gasteiger charge is 2.25. The summed E-state index contributed by atoms with van der Waals surface area (Å²) in [6.07, 6.45) is 4.94. The fourth-order valence-corrected chi connectivity index (χ4v) is 3.38. The van der Waals surface area contributed by atoms with Crippen LogP contribution in [0.1, 0.15) is 36.5 Å². The average Bonchev–Trinajstić information content (AvgIpc) is 2.72. The third-order valence-electron chi connectivity index (χ3n) is 4.70. The molecule has 2 heterocycles. The van der Waals surface area contributed by atoms with Crippen LogP contribution in [0.25, 0.3) is 0 Å². The molecule has 22 heavy (non-hydrogen) atoms. The maximum atomic E-state index is 12.3. The highest BCUT2D eigenvalue weighted by atomic mass is 16.6. The van der Waals surface area contributed by atoms with Crippen LogP contribution in [0.2, 0.25) is 0 Å². The number of benzene rings is 1. The summed E-state index contributed by atoms with van der Waals surface area (Å²) in [6, 6.07) is 4.58. The summed E-state index contributed by atoms with van der Waals surface area (Å²) in [6.45, 7) is 5.50. The van der Waals surface area contributed by atoms with Gasteiger partial charge in [0.2, 0.25) is 0 Å². The number of carbonyl (C=O) groups excluding carboxylic acids is 1. The highest BCUT2D eigenvalue weighted by Crippen LogP contribution is 2.32. The van der Waals surface area contributed by atoms with Crippen molar-refractivity contribution in [3.8, 4) is 0 Å². The first-order chi connectivity index (χ1) is 10.7. The second-order valence-electron chi connectivity index (χ2n) is 6.42. The van der Waals surface area contributed by atoms with Crippen molar-refractivity contribution in [3.63, 3.8) is 0 Å². The fraction of sp³-hybridized carbons (Fsp3) is 0.588. The van der Waals surface area contributed by atoms with Gasteiger partial charge in [0, 0.05) is 6.54 Å². The van der Waals surface area contributed by atoms with Crippen LogP contribution in [-0.2, 0) is 24.0 Å². The molecule has 2 aliphatic rings. The zero-order valence-electron chi connectivity index (χ0n) is 13.7. The van der Waals surface area contributed by atoms with Gasteiger partial charge >= 0.3 is 6.09 Å². The summed E-state index contributed by atoms with van der Waals surface area (Å²) in [5, 5.41) is 0. The molecule has 118 valence electrons. The van der Waals surface area contributed by atoms with E-state index in [2.05, 4.69) is 24.9 Å². The number of hydrogen-bond acceptors (Lipinski definition) is 3. The first-order valence-electron chi connectivity index (χ1n) is 8.46. The highest BCUT2D eigenvalue weighted by molar-refractivity contribution is 6.04. The molecule has 0 saturated heterocycles. The lowest BCUT2D eigenvalue weighted by atomic mass is 9.93. The number of rotatable bonds is 2. The molecule has 0 saturated carbocycles. The minimum atomic E-state index is -0.187. The second kappa shape index (κ2) is 6.74. The van der Waals surface area contributed by atoms with Gasteiger partial charge in [-0.1, -0.05) is 13.0 Å². The number of nitrogens with zero attached hydrogens (tertiary/aromatic N) is 2. The monoisotopic (exact) mass is 300 g/mol. The van der Waals surface area contributed by atoms with Crippen LogP contribution in [0.5, 0.6) is 0 Å². The number of hydrogen-bond donors (Lipinski definition) is 0. The molecular weight excluding hydrogens is 275 g/mol. The Morgan fingerprint density at radius 2 is 1.86 bits per heavy atom. The number of carbonyl (C=O) groups is 1. The van der Waals surface area contributed by atoms with E-state index < -0.39 is 0 Å². The van der Waals surface area contributed by atoms with Crippen LogP contribution in [0.4, 0.5) is 10.5 Å². The van der Waals surface area contributed by atoms with Gasteiger partial charge in [-0.15, -0.1) is 0 Å². The van der Waals surface area contributed by atoms with Crippen LogP contribution in [0, 0.1) is 0 Å². The number of aryl methyl sites for hydroxylation is 1. The van der Waals surface area contributed by atoms with E-state index in [9.17, 15) is 4.79 Å². The molecule has 0 spiro atoms. The smallest absolute Gasteiger partial charge is 0.414 e. The minimum Gasteiger partial charge on any atom is -0.449 e. The predicted octanol–water partition coefficient (Wildman–Crippen LogP) is 1.93. The average molecular weight is 300 g/mol. The fourth-order valence-electron chi connectivity index (χ4n) is 3.38. The third kappa shape index (κ3) is 3.14. The van der Waals surface area contributed by atoms with Crippen molar-refractivity contribution in [2.45, 2.75) is 39.0 Å². The standard InChI is InChI=1S/C17H25BN2O2/c1-2-10-22-17(21)20-7-3-4-15-11-13-5-8-19(18)9-6-14(13)12-16(15)20/h11-12H,2-10,18H2,1H3. The quantitative estimate of drug-likeness (QED) is 0.783. The Balaban J connectivity index is 1.88. The molecule has 5 heteroatoms. The van der Waals surface area contributed by atoms with Crippen molar-refractivity contribution < 1.29 is 9.53 Å². The van der Waals surface area contributed by atoms with E-state index in [-0.39, 0.29) is 6.09 Å². The van der Waals surface area contributed by atoms with Gasteiger partial charge in [-0.05, 0) is 68.0 Å². The van der Waals surface area contributed by atoms with Crippen molar-refractivity contribution in [2.75, 3.05) is 31.1 Å². The molecule has 4 nitrogen and oxygen atoms in total. The molecule has 1 aromatic carbocycles. The molecule has 0 aliphatic carbocycles. The molecule has 0 fully saturated rings. The molecule has 0 bridgehead atoms. The number of amides is 1. The predicted molar refractivity (Wildman–Crippen MR) is 91.3 cm³/mol. The number of fused-ring (bicyclic) bond motifs is 2. The van der Waals surface area contributed by atoms with Crippen molar-refractivity contribution in [3.05, 3.63) is 28.8 Å². The van der Waals surface area contributed by atoms with Gasteiger partial charge in [0.25, 0.3) is 0 Å². The zero-order valence-corrected chi connectivity index (χ0v) is 13.7. The van der Waals surface area contributed by atoms with E-state index in [1.807, 2.05) is 11.8 Å². The molecule has 0 atom stereocenters. The summed E-state index contributed by atoms with van der Waals surface area (Å²) in [5.74, 6) is 0. The normalized spacial score (nSPS) is 18.3. The van der Waals surface area contributed by atoms with Gasteiger partial charge < -0.3 is 9.55 Å². The molecule has 0 aromatic heterocycles. The summed E-state index contributed by atoms with van der Waals surface area (Å²) in [5.41, 5.74) is 5.25. The van der Waals surface area contributed by atoms with Crippen LogP contribution in [0.3, 0.4) is 0 Å². The maximum Gasteiger partial charge on any atom is 0.414 e. The van der Waals surface area contributed by atoms with E-state index in [1.54, 1.807) is 0 Å². The van der Waals surface area contributed by atoms with Crippen molar-refractivity contribution in [1.82, 2.24) is 4.81 Å². The minimum absolute atomic E-state index is 0.187. The molecule has 1 aromatic rings. The van der Waals surface area contributed by atoms with Gasteiger partial charge in [0.05, 0.1) is 12.3 Å². The SMILES string of the molecule is BN1CCc2cc3c(cc2CC1)N(C(=O)OCCC)CCC3. The van der Waals surface area contributed by atoms with Gasteiger partial charge in [0.15, 0.2) is 7.98 Å². The first kappa shape index (κ1) is 15.4. The van der Waals surface area contributed by atoms with Crippen LogP contribution >= 0.6 is 0 Å². The zero-order chi connectivity index (χ0) is 15.5. The lowest BCUT2D eigenvalue weighted by Gasteiger charge is -2.30.